The molecule has 0 spiro atoms. The average molecular weight is 245 g/mol. The number of hydrogen-bond acceptors (Lipinski definition) is 3. The molecule has 5 heteroatoms. The predicted octanol–water partition coefficient (Wildman–Crippen LogP) is 3.16. The van der Waals surface area contributed by atoms with Gasteiger partial charge in [0, 0.05) is 11.8 Å². The first kappa shape index (κ1) is 13.5. The van der Waals surface area contributed by atoms with E-state index < -0.39 is 6.43 Å². The van der Waals surface area contributed by atoms with Crippen LogP contribution in [0, 0.1) is 0 Å². The fraction of sp³-hybridized carbons (Fsp3) is 0.500. The van der Waals surface area contributed by atoms with Crippen LogP contribution in [0.5, 0.6) is 11.5 Å². The highest BCUT2D eigenvalue weighted by molar-refractivity contribution is 5.54. The van der Waals surface area contributed by atoms with Crippen LogP contribution >= 0.6 is 0 Å². The standard InChI is InChI=1S/C12H17F2NO2/c1-3-16-10-6-5-9(15-8-12(13)14)7-11(10)17-4-2/h5-7,12,15H,3-4,8H2,1-2H3. The summed E-state index contributed by atoms with van der Waals surface area (Å²) in [6, 6.07) is 5.06. The van der Waals surface area contributed by atoms with Gasteiger partial charge in [0.1, 0.15) is 0 Å². The summed E-state index contributed by atoms with van der Waals surface area (Å²) in [6.45, 7) is 4.38. The first-order valence-electron chi connectivity index (χ1n) is 5.59. The van der Waals surface area contributed by atoms with Crippen molar-refractivity contribution in [1.82, 2.24) is 0 Å². The molecule has 0 aliphatic heterocycles. The van der Waals surface area contributed by atoms with Crippen molar-refractivity contribution >= 4 is 5.69 Å². The van der Waals surface area contributed by atoms with Crippen molar-refractivity contribution in [2.45, 2.75) is 20.3 Å². The van der Waals surface area contributed by atoms with E-state index in [4.69, 9.17) is 9.47 Å². The summed E-state index contributed by atoms with van der Waals surface area (Å²) in [4.78, 5) is 0. The molecule has 0 aliphatic carbocycles. The van der Waals surface area contributed by atoms with Gasteiger partial charge in [-0.3, -0.25) is 0 Å². The molecule has 0 atom stereocenters. The van der Waals surface area contributed by atoms with Crippen LogP contribution in [0.1, 0.15) is 13.8 Å². The molecule has 0 fully saturated rings. The Kier molecular flexibility index (Phi) is 5.52. The smallest absolute Gasteiger partial charge is 0.255 e. The Morgan fingerprint density at radius 1 is 1.12 bits per heavy atom. The summed E-state index contributed by atoms with van der Waals surface area (Å²) in [5, 5.41) is 2.63. The first-order valence-corrected chi connectivity index (χ1v) is 5.59. The van der Waals surface area contributed by atoms with Crippen LogP contribution in [-0.4, -0.2) is 26.2 Å². The van der Waals surface area contributed by atoms with E-state index in [1.165, 1.54) is 0 Å². The van der Waals surface area contributed by atoms with E-state index in [1.807, 2.05) is 13.8 Å². The summed E-state index contributed by atoms with van der Waals surface area (Å²) in [5.41, 5.74) is 0.595. The quantitative estimate of drug-likeness (QED) is 0.800. The lowest BCUT2D eigenvalue weighted by atomic mass is 10.2. The number of anilines is 1. The summed E-state index contributed by atoms with van der Waals surface area (Å²) in [7, 11) is 0. The molecule has 0 aliphatic rings. The second-order valence-electron chi connectivity index (χ2n) is 3.30. The van der Waals surface area contributed by atoms with E-state index >= 15 is 0 Å². The minimum absolute atomic E-state index is 0.375. The molecule has 3 nitrogen and oxygen atoms in total. The van der Waals surface area contributed by atoms with Gasteiger partial charge >= 0.3 is 0 Å². The van der Waals surface area contributed by atoms with Crippen LogP contribution in [0.2, 0.25) is 0 Å². The Balaban J connectivity index is 2.77. The summed E-state index contributed by atoms with van der Waals surface area (Å²) in [6.07, 6.45) is -2.38. The zero-order chi connectivity index (χ0) is 12.7. The number of hydrogen-bond donors (Lipinski definition) is 1. The molecule has 0 bridgehead atoms. The molecule has 0 radical (unpaired) electrons. The normalized spacial score (nSPS) is 10.4. The second kappa shape index (κ2) is 6.93. The van der Waals surface area contributed by atoms with Gasteiger partial charge in [-0.25, -0.2) is 8.78 Å². The molecule has 0 unspecified atom stereocenters. The van der Waals surface area contributed by atoms with Gasteiger partial charge in [0.15, 0.2) is 11.5 Å². The maximum atomic E-state index is 12.1. The minimum atomic E-state index is -2.38. The number of alkyl halides is 2. The van der Waals surface area contributed by atoms with Gasteiger partial charge in [-0.2, -0.15) is 0 Å². The van der Waals surface area contributed by atoms with Crippen molar-refractivity contribution in [2.75, 3.05) is 25.1 Å². The molecule has 1 aromatic rings. The van der Waals surface area contributed by atoms with Crippen molar-refractivity contribution in [2.24, 2.45) is 0 Å². The van der Waals surface area contributed by atoms with Gasteiger partial charge in [0.05, 0.1) is 19.8 Å². The van der Waals surface area contributed by atoms with Crippen molar-refractivity contribution in [1.29, 1.82) is 0 Å². The fourth-order valence-corrected chi connectivity index (χ4v) is 1.36. The first-order chi connectivity index (χ1) is 8.17. The SMILES string of the molecule is CCOc1ccc(NCC(F)F)cc1OCC. The van der Waals surface area contributed by atoms with Crippen LogP contribution in [-0.2, 0) is 0 Å². The third-order valence-electron chi connectivity index (χ3n) is 2.00. The molecule has 0 heterocycles. The molecular formula is C12H17F2NO2. The zero-order valence-corrected chi connectivity index (χ0v) is 10.0. The van der Waals surface area contributed by atoms with Gasteiger partial charge in [-0.15, -0.1) is 0 Å². The molecule has 1 aromatic carbocycles. The van der Waals surface area contributed by atoms with E-state index in [0.717, 1.165) is 0 Å². The van der Waals surface area contributed by atoms with Gasteiger partial charge in [-0.1, -0.05) is 0 Å². The summed E-state index contributed by atoms with van der Waals surface area (Å²) < 4.78 is 34.9. The number of benzene rings is 1. The topological polar surface area (TPSA) is 30.5 Å². The molecule has 17 heavy (non-hydrogen) atoms. The summed E-state index contributed by atoms with van der Waals surface area (Å²) >= 11 is 0. The van der Waals surface area contributed by atoms with Crippen molar-refractivity contribution in [3.05, 3.63) is 18.2 Å². The Morgan fingerprint density at radius 3 is 2.35 bits per heavy atom. The zero-order valence-electron chi connectivity index (χ0n) is 10.0. The molecule has 1 N–H and O–H groups in total. The Labute approximate surface area is 99.7 Å². The number of rotatable bonds is 7. The maximum absolute atomic E-state index is 12.1. The van der Waals surface area contributed by atoms with Crippen LogP contribution in [0.15, 0.2) is 18.2 Å². The molecule has 0 aromatic heterocycles. The Hall–Kier alpha value is -1.52. The molecule has 1 rings (SSSR count). The minimum Gasteiger partial charge on any atom is -0.490 e. The molecule has 96 valence electrons. The van der Waals surface area contributed by atoms with E-state index in [2.05, 4.69) is 5.32 Å². The van der Waals surface area contributed by atoms with Crippen molar-refractivity contribution in [3.63, 3.8) is 0 Å². The third kappa shape index (κ3) is 4.46. The highest BCUT2D eigenvalue weighted by atomic mass is 19.3. The van der Waals surface area contributed by atoms with Gasteiger partial charge in [0.25, 0.3) is 6.43 Å². The van der Waals surface area contributed by atoms with Gasteiger partial charge < -0.3 is 14.8 Å². The fourth-order valence-electron chi connectivity index (χ4n) is 1.36. The van der Waals surface area contributed by atoms with Crippen molar-refractivity contribution in [3.8, 4) is 11.5 Å². The van der Waals surface area contributed by atoms with Crippen LogP contribution in [0.3, 0.4) is 0 Å². The molecule has 0 saturated carbocycles. The van der Waals surface area contributed by atoms with E-state index in [0.29, 0.717) is 30.4 Å². The van der Waals surface area contributed by atoms with Gasteiger partial charge in [0.2, 0.25) is 0 Å². The lowest BCUT2D eigenvalue weighted by Crippen LogP contribution is -2.10. The van der Waals surface area contributed by atoms with Gasteiger partial charge in [-0.05, 0) is 26.0 Å². The summed E-state index contributed by atoms with van der Waals surface area (Å²) in [5.74, 6) is 1.19. The maximum Gasteiger partial charge on any atom is 0.255 e. The lowest BCUT2D eigenvalue weighted by molar-refractivity contribution is 0.163. The Morgan fingerprint density at radius 2 is 1.76 bits per heavy atom. The number of halogens is 2. The van der Waals surface area contributed by atoms with E-state index in [9.17, 15) is 8.78 Å². The third-order valence-corrected chi connectivity index (χ3v) is 2.00. The average Bonchev–Trinajstić information content (AvgIpc) is 2.30. The highest BCUT2D eigenvalue weighted by Crippen LogP contribution is 2.30. The van der Waals surface area contributed by atoms with Crippen LogP contribution < -0.4 is 14.8 Å². The van der Waals surface area contributed by atoms with Crippen LogP contribution in [0.4, 0.5) is 14.5 Å². The Bertz CT molecular complexity index is 345. The molecule has 0 saturated heterocycles. The molecule has 0 amide bonds. The van der Waals surface area contributed by atoms with E-state index in [-0.39, 0.29) is 6.54 Å². The number of ether oxygens (including phenoxy) is 2. The lowest BCUT2D eigenvalue weighted by Gasteiger charge is -2.13. The largest absolute Gasteiger partial charge is 0.490 e. The highest BCUT2D eigenvalue weighted by Gasteiger charge is 2.07. The second-order valence-corrected chi connectivity index (χ2v) is 3.30. The van der Waals surface area contributed by atoms with Crippen molar-refractivity contribution < 1.29 is 18.3 Å². The monoisotopic (exact) mass is 245 g/mol. The van der Waals surface area contributed by atoms with Crippen LogP contribution in [0.25, 0.3) is 0 Å². The molecular weight excluding hydrogens is 228 g/mol. The number of nitrogens with one attached hydrogen (secondary N) is 1. The predicted molar refractivity (Wildman–Crippen MR) is 63.3 cm³/mol. The van der Waals surface area contributed by atoms with E-state index in [1.54, 1.807) is 18.2 Å².